The SMILES string of the molecule is NC(=O)NC(=O)CCSc1ccc(C(=O)O)cn1. The summed E-state index contributed by atoms with van der Waals surface area (Å²) < 4.78 is 0. The van der Waals surface area contributed by atoms with Gasteiger partial charge in [0.05, 0.1) is 10.6 Å². The number of nitrogens with two attached hydrogens (primary N) is 1. The highest BCUT2D eigenvalue weighted by atomic mass is 32.2. The van der Waals surface area contributed by atoms with Gasteiger partial charge in [-0.1, -0.05) is 0 Å². The third kappa shape index (κ3) is 4.83. The number of carboxylic acids is 1. The first-order valence-electron chi connectivity index (χ1n) is 4.90. The van der Waals surface area contributed by atoms with Crippen molar-refractivity contribution < 1.29 is 19.5 Å². The summed E-state index contributed by atoms with van der Waals surface area (Å²) in [4.78, 5) is 35.9. The summed E-state index contributed by atoms with van der Waals surface area (Å²) in [6.07, 6.45) is 1.37. The van der Waals surface area contributed by atoms with Gasteiger partial charge >= 0.3 is 12.0 Å². The van der Waals surface area contributed by atoms with Gasteiger partial charge in [-0.2, -0.15) is 0 Å². The van der Waals surface area contributed by atoms with E-state index >= 15 is 0 Å². The quantitative estimate of drug-likeness (QED) is 0.667. The second kappa shape index (κ2) is 6.60. The van der Waals surface area contributed by atoms with Crippen LogP contribution in [0.2, 0.25) is 0 Å². The average molecular weight is 269 g/mol. The number of thioether (sulfide) groups is 1. The van der Waals surface area contributed by atoms with Crippen LogP contribution in [0, 0.1) is 0 Å². The number of amides is 3. The van der Waals surface area contributed by atoms with E-state index in [0.29, 0.717) is 10.8 Å². The van der Waals surface area contributed by atoms with E-state index < -0.39 is 17.9 Å². The molecule has 0 aliphatic carbocycles. The van der Waals surface area contributed by atoms with E-state index in [9.17, 15) is 14.4 Å². The lowest BCUT2D eigenvalue weighted by atomic mass is 10.3. The molecule has 0 spiro atoms. The van der Waals surface area contributed by atoms with Crippen molar-refractivity contribution in [3.63, 3.8) is 0 Å². The Bertz CT molecular complexity index is 461. The fourth-order valence-corrected chi connectivity index (χ4v) is 1.83. The van der Waals surface area contributed by atoms with Crippen molar-refractivity contribution >= 4 is 29.7 Å². The molecule has 0 atom stereocenters. The summed E-state index contributed by atoms with van der Waals surface area (Å²) in [5.74, 6) is -1.09. The van der Waals surface area contributed by atoms with Gasteiger partial charge in [0.2, 0.25) is 5.91 Å². The van der Waals surface area contributed by atoms with E-state index in [1.807, 2.05) is 5.32 Å². The first-order chi connectivity index (χ1) is 8.49. The zero-order valence-corrected chi connectivity index (χ0v) is 10.1. The van der Waals surface area contributed by atoms with Gasteiger partial charge in [-0.05, 0) is 12.1 Å². The van der Waals surface area contributed by atoms with Crippen LogP contribution in [0.5, 0.6) is 0 Å². The fraction of sp³-hybridized carbons (Fsp3) is 0.200. The highest BCUT2D eigenvalue weighted by Gasteiger charge is 2.06. The predicted molar refractivity (Wildman–Crippen MR) is 64.3 cm³/mol. The molecule has 96 valence electrons. The predicted octanol–water partition coefficient (Wildman–Crippen LogP) is 0.457. The van der Waals surface area contributed by atoms with Crippen LogP contribution in [0.1, 0.15) is 16.8 Å². The number of carboxylic acid groups (broad SMARTS) is 1. The Hall–Kier alpha value is -2.09. The molecule has 0 fully saturated rings. The normalized spacial score (nSPS) is 9.78. The van der Waals surface area contributed by atoms with E-state index in [4.69, 9.17) is 10.8 Å². The van der Waals surface area contributed by atoms with Gasteiger partial charge in [-0.15, -0.1) is 11.8 Å². The zero-order chi connectivity index (χ0) is 13.5. The molecule has 1 aromatic rings. The van der Waals surface area contributed by atoms with Crippen molar-refractivity contribution in [2.75, 3.05) is 5.75 Å². The number of hydrogen-bond donors (Lipinski definition) is 3. The number of primary amides is 1. The molecular weight excluding hydrogens is 258 g/mol. The number of hydrogen-bond acceptors (Lipinski definition) is 5. The van der Waals surface area contributed by atoms with Crippen LogP contribution in [0.4, 0.5) is 4.79 Å². The first kappa shape index (κ1) is 14.0. The molecule has 0 saturated carbocycles. The smallest absolute Gasteiger partial charge is 0.337 e. The van der Waals surface area contributed by atoms with Gasteiger partial charge in [-0.25, -0.2) is 14.6 Å². The van der Waals surface area contributed by atoms with Crippen LogP contribution >= 0.6 is 11.8 Å². The van der Waals surface area contributed by atoms with E-state index in [1.165, 1.54) is 24.0 Å². The van der Waals surface area contributed by atoms with Gasteiger partial charge in [0.15, 0.2) is 0 Å². The Morgan fingerprint density at radius 1 is 1.39 bits per heavy atom. The number of rotatable bonds is 5. The monoisotopic (exact) mass is 269 g/mol. The summed E-state index contributed by atoms with van der Waals surface area (Å²) in [7, 11) is 0. The van der Waals surface area contributed by atoms with Crippen molar-refractivity contribution in [1.29, 1.82) is 0 Å². The molecule has 0 saturated heterocycles. The molecular formula is C10H11N3O4S. The van der Waals surface area contributed by atoms with Gasteiger partial charge in [0, 0.05) is 18.4 Å². The molecule has 0 unspecified atom stereocenters. The number of carbonyl (C=O) groups is 3. The third-order valence-electron chi connectivity index (χ3n) is 1.82. The highest BCUT2D eigenvalue weighted by Crippen LogP contribution is 2.16. The fourth-order valence-electron chi connectivity index (χ4n) is 1.04. The van der Waals surface area contributed by atoms with Gasteiger partial charge in [0.25, 0.3) is 0 Å². The largest absolute Gasteiger partial charge is 0.478 e. The Morgan fingerprint density at radius 2 is 2.11 bits per heavy atom. The highest BCUT2D eigenvalue weighted by molar-refractivity contribution is 7.99. The summed E-state index contributed by atoms with van der Waals surface area (Å²) in [6.45, 7) is 0. The minimum atomic E-state index is -1.04. The number of carbonyl (C=O) groups excluding carboxylic acids is 2. The minimum absolute atomic E-state index is 0.103. The van der Waals surface area contributed by atoms with Crippen molar-refractivity contribution in [2.24, 2.45) is 5.73 Å². The summed E-state index contributed by atoms with van der Waals surface area (Å²) in [6, 6.07) is 2.11. The molecule has 4 N–H and O–H groups in total. The Morgan fingerprint density at radius 3 is 2.61 bits per heavy atom. The summed E-state index contributed by atoms with van der Waals surface area (Å²) in [5, 5.41) is 11.2. The molecule has 0 aliphatic heterocycles. The second-order valence-electron chi connectivity index (χ2n) is 3.20. The van der Waals surface area contributed by atoms with Crippen LogP contribution < -0.4 is 11.1 Å². The summed E-state index contributed by atoms with van der Waals surface area (Å²) >= 11 is 1.28. The van der Waals surface area contributed by atoms with Crippen LogP contribution in [-0.4, -0.2) is 33.8 Å². The molecule has 1 rings (SSSR count). The Labute approximate surface area is 107 Å². The maximum Gasteiger partial charge on any atom is 0.337 e. The van der Waals surface area contributed by atoms with E-state index in [-0.39, 0.29) is 12.0 Å². The molecule has 0 aliphatic rings. The van der Waals surface area contributed by atoms with Crippen molar-refractivity contribution in [3.8, 4) is 0 Å². The lowest BCUT2D eigenvalue weighted by Gasteiger charge is -2.01. The maximum absolute atomic E-state index is 11.1. The van der Waals surface area contributed by atoms with Crippen LogP contribution in [-0.2, 0) is 4.79 Å². The summed E-state index contributed by atoms with van der Waals surface area (Å²) in [5.41, 5.74) is 4.88. The van der Waals surface area contributed by atoms with Crippen molar-refractivity contribution in [1.82, 2.24) is 10.3 Å². The number of aromatic nitrogens is 1. The first-order valence-corrected chi connectivity index (χ1v) is 5.89. The van der Waals surface area contributed by atoms with Crippen LogP contribution in [0.3, 0.4) is 0 Å². The second-order valence-corrected chi connectivity index (χ2v) is 4.32. The Kier molecular flexibility index (Phi) is 5.12. The Balaban J connectivity index is 2.38. The number of nitrogens with one attached hydrogen (secondary N) is 1. The minimum Gasteiger partial charge on any atom is -0.478 e. The molecule has 7 nitrogen and oxygen atoms in total. The van der Waals surface area contributed by atoms with Crippen molar-refractivity contribution in [2.45, 2.75) is 11.4 Å². The standard InChI is InChI=1S/C10H11N3O4S/c11-10(17)13-7(14)3-4-18-8-2-1-6(5-12-8)9(15)16/h1-2,5H,3-4H2,(H,15,16)(H3,11,13,14,17). The van der Waals surface area contributed by atoms with Gasteiger partial charge in [0.1, 0.15) is 0 Å². The number of aromatic carboxylic acids is 1. The number of urea groups is 1. The lowest BCUT2D eigenvalue weighted by molar-refractivity contribution is -0.119. The molecule has 0 radical (unpaired) electrons. The van der Waals surface area contributed by atoms with E-state index in [2.05, 4.69) is 4.98 Å². The van der Waals surface area contributed by atoms with Crippen LogP contribution in [0.15, 0.2) is 23.4 Å². The van der Waals surface area contributed by atoms with E-state index in [1.54, 1.807) is 6.07 Å². The lowest BCUT2D eigenvalue weighted by Crippen LogP contribution is -2.35. The van der Waals surface area contributed by atoms with Gasteiger partial charge < -0.3 is 10.8 Å². The molecule has 0 aromatic carbocycles. The molecule has 0 bridgehead atoms. The van der Waals surface area contributed by atoms with Crippen LogP contribution in [0.25, 0.3) is 0 Å². The topological polar surface area (TPSA) is 122 Å². The average Bonchev–Trinajstić information content (AvgIpc) is 2.28. The number of pyridine rings is 1. The zero-order valence-electron chi connectivity index (χ0n) is 9.25. The maximum atomic E-state index is 11.1. The molecule has 1 heterocycles. The number of imide groups is 1. The third-order valence-corrected chi connectivity index (χ3v) is 2.77. The van der Waals surface area contributed by atoms with Gasteiger partial charge in [-0.3, -0.25) is 10.1 Å². The molecule has 1 aromatic heterocycles. The molecule has 3 amide bonds. The molecule has 8 heteroatoms. The number of nitrogens with zero attached hydrogens (tertiary/aromatic N) is 1. The molecule has 18 heavy (non-hydrogen) atoms. The van der Waals surface area contributed by atoms with E-state index in [0.717, 1.165) is 0 Å². The van der Waals surface area contributed by atoms with Crippen molar-refractivity contribution in [3.05, 3.63) is 23.9 Å².